The molecule has 1 aliphatic rings. The molecule has 1 aliphatic carbocycles. The van der Waals surface area contributed by atoms with Crippen molar-refractivity contribution in [1.29, 1.82) is 0 Å². The SMILES string of the molecule is Cc1csc(CN(CCO)C2CCc3ccccc32)n1. The molecule has 0 radical (unpaired) electrons. The number of aliphatic hydroxyl groups excluding tert-OH is 1. The Morgan fingerprint density at radius 1 is 1.40 bits per heavy atom. The van der Waals surface area contributed by atoms with E-state index in [0.717, 1.165) is 30.1 Å². The number of aliphatic hydroxyl groups is 1. The molecule has 3 nitrogen and oxygen atoms in total. The summed E-state index contributed by atoms with van der Waals surface area (Å²) in [6.07, 6.45) is 2.28. The summed E-state index contributed by atoms with van der Waals surface area (Å²) in [6.45, 7) is 3.76. The van der Waals surface area contributed by atoms with Gasteiger partial charge in [-0.1, -0.05) is 24.3 Å². The predicted octanol–water partition coefficient (Wildman–Crippen LogP) is 2.93. The maximum atomic E-state index is 9.37. The molecule has 0 saturated heterocycles. The van der Waals surface area contributed by atoms with Crippen molar-refractivity contribution >= 4 is 11.3 Å². The van der Waals surface area contributed by atoms with Crippen LogP contribution in [-0.4, -0.2) is 28.1 Å². The lowest BCUT2D eigenvalue weighted by Crippen LogP contribution is -2.30. The van der Waals surface area contributed by atoms with Gasteiger partial charge in [0.25, 0.3) is 0 Å². The fraction of sp³-hybridized carbons (Fsp3) is 0.438. The molecule has 1 atom stereocenters. The van der Waals surface area contributed by atoms with Crippen LogP contribution in [0, 0.1) is 6.92 Å². The molecule has 0 spiro atoms. The summed E-state index contributed by atoms with van der Waals surface area (Å²) in [5.74, 6) is 0. The van der Waals surface area contributed by atoms with E-state index >= 15 is 0 Å². The van der Waals surface area contributed by atoms with Gasteiger partial charge in [-0.05, 0) is 30.9 Å². The average Bonchev–Trinajstić information content (AvgIpc) is 3.04. The van der Waals surface area contributed by atoms with Gasteiger partial charge in [-0.2, -0.15) is 0 Å². The zero-order valence-corrected chi connectivity index (χ0v) is 12.6. The first-order valence-corrected chi connectivity index (χ1v) is 7.99. The maximum absolute atomic E-state index is 9.37. The third-order valence-electron chi connectivity index (χ3n) is 3.93. The van der Waals surface area contributed by atoms with Crippen LogP contribution in [-0.2, 0) is 13.0 Å². The summed E-state index contributed by atoms with van der Waals surface area (Å²) >= 11 is 1.71. The van der Waals surface area contributed by atoms with Crippen LogP contribution >= 0.6 is 11.3 Å². The van der Waals surface area contributed by atoms with E-state index in [4.69, 9.17) is 0 Å². The van der Waals surface area contributed by atoms with Gasteiger partial charge in [0, 0.05) is 23.7 Å². The van der Waals surface area contributed by atoms with E-state index in [2.05, 4.69) is 39.5 Å². The van der Waals surface area contributed by atoms with Crippen molar-refractivity contribution < 1.29 is 5.11 Å². The Balaban J connectivity index is 1.81. The molecular weight excluding hydrogens is 268 g/mol. The molecule has 0 fully saturated rings. The third kappa shape index (κ3) is 2.77. The largest absolute Gasteiger partial charge is 0.395 e. The minimum atomic E-state index is 0.197. The Morgan fingerprint density at radius 3 is 3.00 bits per heavy atom. The highest BCUT2D eigenvalue weighted by Crippen LogP contribution is 2.36. The lowest BCUT2D eigenvalue weighted by atomic mass is 10.1. The number of aryl methyl sites for hydroxylation is 2. The molecule has 0 amide bonds. The fourth-order valence-electron chi connectivity index (χ4n) is 3.04. The van der Waals surface area contributed by atoms with Crippen LogP contribution in [0.5, 0.6) is 0 Å². The first-order chi connectivity index (χ1) is 9.78. The summed E-state index contributed by atoms with van der Waals surface area (Å²) in [4.78, 5) is 6.92. The Kier molecular flexibility index (Phi) is 4.15. The van der Waals surface area contributed by atoms with Crippen molar-refractivity contribution in [3.05, 3.63) is 51.5 Å². The quantitative estimate of drug-likeness (QED) is 0.919. The number of fused-ring (bicyclic) bond motifs is 1. The van der Waals surface area contributed by atoms with Gasteiger partial charge in [0.15, 0.2) is 0 Å². The van der Waals surface area contributed by atoms with E-state index in [0.29, 0.717) is 12.6 Å². The molecule has 0 aliphatic heterocycles. The normalized spacial score (nSPS) is 17.6. The molecule has 20 heavy (non-hydrogen) atoms. The molecule has 3 rings (SSSR count). The Morgan fingerprint density at radius 2 is 2.25 bits per heavy atom. The van der Waals surface area contributed by atoms with E-state index in [1.165, 1.54) is 11.1 Å². The van der Waals surface area contributed by atoms with E-state index < -0.39 is 0 Å². The lowest BCUT2D eigenvalue weighted by molar-refractivity contribution is 0.142. The van der Waals surface area contributed by atoms with E-state index in [1.807, 2.05) is 6.92 Å². The van der Waals surface area contributed by atoms with Gasteiger partial charge in [-0.25, -0.2) is 4.98 Å². The highest BCUT2D eigenvalue weighted by atomic mass is 32.1. The minimum absolute atomic E-state index is 0.197. The Bertz CT molecular complexity index is 581. The molecule has 1 unspecified atom stereocenters. The predicted molar refractivity (Wildman–Crippen MR) is 81.9 cm³/mol. The van der Waals surface area contributed by atoms with Gasteiger partial charge in [0.05, 0.1) is 13.2 Å². The van der Waals surface area contributed by atoms with Crippen LogP contribution in [0.3, 0.4) is 0 Å². The van der Waals surface area contributed by atoms with E-state index in [-0.39, 0.29) is 6.61 Å². The first-order valence-electron chi connectivity index (χ1n) is 7.11. The molecule has 1 aromatic carbocycles. The Hall–Kier alpha value is -1.23. The second-order valence-electron chi connectivity index (χ2n) is 5.33. The van der Waals surface area contributed by atoms with E-state index in [9.17, 15) is 5.11 Å². The van der Waals surface area contributed by atoms with Crippen LogP contribution in [0.2, 0.25) is 0 Å². The number of hydrogen-bond donors (Lipinski definition) is 1. The average molecular weight is 288 g/mol. The van der Waals surface area contributed by atoms with Crippen molar-refractivity contribution in [3.8, 4) is 0 Å². The van der Waals surface area contributed by atoms with Crippen LogP contribution in [0.1, 0.15) is 34.3 Å². The molecule has 4 heteroatoms. The van der Waals surface area contributed by atoms with Gasteiger partial charge in [0.2, 0.25) is 0 Å². The van der Waals surface area contributed by atoms with Crippen molar-refractivity contribution in [2.24, 2.45) is 0 Å². The summed E-state index contributed by atoms with van der Waals surface area (Å²) in [5, 5.41) is 12.6. The zero-order valence-electron chi connectivity index (χ0n) is 11.7. The van der Waals surface area contributed by atoms with Gasteiger partial charge >= 0.3 is 0 Å². The highest BCUT2D eigenvalue weighted by Gasteiger charge is 2.27. The van der Waals surface area contributed by atoms with Crippen molar-refractivity contribution in [2.75, 3.05) is 13.2 Å². The number of nitrogens with zero attached hydrogens (tertiary/aromatic N) is 2. The third-order valence-corrected chi connectivity index (χ3v) is 4.89. The topological polar surface area (TPSA) is 36.4 Å². The Labute approximate surface area is 123 Å². The second kappa shape index (κ2) is 6.04. The van der Waals surface area contributed by atoms with Gasteiger partial charge in [-0.15, -0.1) is 11.3 Å². The standard InChI is InChI=1S/C16H20N2OS/c1-12-11-20-16(17-12)10-18(8-9-19)15-7-6-13-4-2-3-5-14(13)15/h2-5,11,15,19H,6-10H2,1H3. The van der Waals surface area contributed by atoms with Gasteiger partial charge in [0.1, 0.15) is 5.01 Å². The maximum Gasteiger partial charge on any atom is 0.107 e. The van der Waals surface area contributed by atoms with Crippen molar-refractivity contribution in [2.45, 2.75) is 32.4 Å². The highest BCUT2D eigenvalue weighted by molar-refractivity contribution is 7.09. The van der Waals surface area contributed by atoms with Crippen LogP contribution in [0.4, 0.5) is 0 Å². The smallest absolute Gasteiger partial charge is 0.107 e. The molecule has 1 N–H and O–H groups in total. The minimum Gasteiger partial charge on any atom is -0.395 e. The molecule has 2 aromatic rings. The molecule has 1 heterocycles. The fourth-order valence-corrected chi connectivity index (χ4v) is 3.83. The lowest BCUT2D eigenvalue weighted by Gasteiger charge is -2.28. The van der Waals surface area contributed by atoms with Crippen molar-refractivity contribution in [3.63, 3.8) is 0 Å². The number of aromatic nitrogens is 1. The first kappa shape index (κ1) is 13.7. The van der Waals surface area contributed by atoms with Crippen molar-refractivity contribution in [1.82, 2.24) is 9.88 Å². The van der Waals surface area contributed by atoms with Crippen LogP contribution in [0.25, 0.3) is 0 Å². The summed E-state index contributed by atoms with van der Waals surface area (Å²) < 4.78 is 0. The van der Waals surface area contributed by atoms with Gasteiger partial charge in [-0.3, -0.25) is 4.90 Å². The van der Waals surface area contributed by atoms with Crippen LogP contribution in [0.15, 0.2) is 29.6 Å². The number of thiazole rings is 1. The molecule has 0 saturated carbocycles. The monoisotopic (exact) mass is 288 g/mol. The summed E-state index contributed by atoms with van der Waals surface area (Å²) in [7, 11) is 0. The number of rotatable bonds is 5. The molecule has 106 valence electrons. The molecule has 0 bridgehead atoms. The second-order valence-corrected chi connectivity index (χ2v) is 6.27. The van der Waals surface area contributed by atoms with Gasteiger partial charge < -0.3 is 5.11 Å². The summed E-state index contributed by atoms with van der Waals surface area (Å²) in [5.41, 5.74) is 3.96. The summed E-state index contributed by atoms with van der Waals surface area (Å²) in [6, 6.07) is 9.09. The number of benzene rings is 1. The number of hydrogen-bond acceptors (Lipinski definition) is 4. The molecule has 1 aromatic heterocycles. The molecular formula is C16H20N2OS. The zero-order chi connectivity index (χ0) is 13.9. The van der Waals surface area contributed by atoms with E-state index in [1.54, 1.807) is 11.3 Å². The van der Waals surface area contributed by atoms with Crippen LogP contribution < -0.4 is 0 Å².